The third kappa shape index (κ3) is 4.05. The number of benzene rings is 1. The van der Waals surface area contributed by atoms with Crippen LogP contribution in [0.2, 0.25) is 0 Å². The van der Waals surface area contributed by atoms with E-state index >= 15 is 0 Å². The van der Waals surface area contributed by atoms with Gasteiger partial charge in [0.25, 0.3) is 0 Å². The summed E-state index contributed by atoms with van der Waals surface area (Å²) in [5.41, 5.74) is 1.48. The number of ether oxygens (including phenoxy) is 1. The van der Waals surface area contributed by atoms with Crippen molar-refractivity contribution in [2.45, 2.75) is 69.7 Å². The quantitative estimate of drug-likeness (QED) is 0.578. The number of amides is 1. The first-order valence-corrected chi connectivity index (χ1v) is 9.66. The fourth-order valence-corrected chi connectivity index (χ4v) is 4.48. The number of carbonyl (C=O) groups excluding carboxylic acids is 2. The van der Waals surface area contributed by atoms with Crippen molar-refractivity contribution in [2.75, 3.05) is 13.2 Å². The lowest BCUT2D eigenvalue weighted by Gasteiger charge is -2.44. The summed E-state index contributed by atoms with van der Waals surface area (Å²) in [5.74, 6) is 0.737. The van der Waals surface area contributed by atoms with E-state index in [-0.39, 0.29) is 17.4 Å². The van der Waals surface area contributed by atoms with Gasteiger partial charge in [0.15, 0.2) is 0 Å². The molecule has 4 heteroatoms. The highest BCUT2D eigenvalue weighted by molar-refractivity contribution is 5.79. The van der Waals surface area contributed by atoms with Gasteiger partial charge in [-0.3, -0.25) is 9.59 Å². The van der Waals surface area contributed by atoms with E-state index in [1.54, 1.807) is 6.92 Å². The Hall–Kier alpha value is -1.84. The summed E-state index contributed by atoms with van der Waals surface area (Å²) in [6.45, 7) is 2.93. The maximum atomic E-state index is 12.4. The molecule has 1 aromatic carbocycles. The van der Waals surface area contributed by atoms with E-state index < -0.39 is 0 Å². The van der Waals surface area contributed by atoms with Gasteiger partial charge in [0.1, 0.15) is 0 Å². The Morgan fingerprint density at radius 1 is 1.20 bits per heavy atom. The van der Waals surface area contributed by atoms with E-state index in [1.807, 2.05) is 0 Å². The SMILES string of the molecule is CCC(=O)OCCCN1C(=O)CCC12CCC(c1ccccc1)CC2. The second kappa shape index (κ2) is 8.03. The minimum Gasteiger partial charge on any atom is -0.466 e. The number of nitrogens with zero attached hydrogens (tertiary/aromatic N) is 1. The normalized spacial score (nSPS) is 26.2. The van der Waals surface area contributed by atoms with Crippen LogP contribution in [-0.4, -0.2) is 35.5 Å². The van der Waals surface area contributed by atoms with Crippen molar-refractivity contribution in [1.82, 2.24) is 4.90 Å². The summed E-state index contributed by atoms with van der Waals surface area (Å²) in [6, 6.07) is 10.7. The molecule has 3 rings (SSSR count). The third-order valence-electron chi connectivity index (χ3n) is 5.94. The molecule has 1 saturated carbocycles. The van der Waals surface area contributed by atoms with Crippen LogP contribution in [-0.2, 0) is 14.3 Å². The van der Waals surface area contributed by atoms with Crippen molar-refractivity contribution in [3.05, 3.63) is 35.9 Å². The highest BCUT2D eigenvalue weighted by Gasteiger charge is 2.46. The number of carbonyl (C=O) groups is 2. The minimum atomic E-state index is -0.161. The first-order valence-electron chi connectivity index (χ1n) is 9.66. The lowest BCUT2D eigenvalue weighted by Crippen LogP contribution is -2.48. The Kier molecular flexibility index (Phi) is 5.77. The summed E-state index contributed by atoms with van der Waals surface area (Å²) < 4.78 is 5.16. The molecule has 0 bridgehead atoms. The van der Waals surface area contributed by atoms with Gasteiger partial charge >= 0.3 is 5.97 Å². The topological polar surface area (TPSA) is 46.6 Å². The van der Waals surface area contributed by atoms with E-state index in [0.29, 0.717) is 31.9 Å². The van der Waals surface area contributed by atoms with Crippen LogP contribution >= 0.6 is 0 Å². The Labute approximate surface area is 150 Å². The van der Waals surface area contributed by atoms with Crippen LogP contribution in [0.3, 0.4) is 0 Å². The molecule has 1 saturated heterocycles. The third-order valence-corrected chi connectivity index (χ3v) is 5.94. The van der Waals surface area contributed by atoms with Crippen molar-refractivity contribution in [3.63, 3.8) is 0 Å². The van der Waals surface area contributed by atoms with Crippen LogP contribution in [0.15, 0.2) is 30.3 Å². The molecule has 1 aromatic rings. The van der Waals surface area contributed by atoms with Crippen molar-refractivity contribution < 1.29 is 14.3 Å². The Bertz CT molecular complexity index is 590. The molecule has 136 valence electrons. The molecule has 1 amide bonds. The first-order chi connectivity index (χ1) is 12.1. The number of esters is 1. The molecule has 4 nitrogen and oxygen atoms in total. The highest BCUT2D eigenvalue weighted by Crippen LogP contribution is 2.46. The molecule has 2 fully saturated rings. The van der Waals surface area contributed by atoms with Gasteiger partial charge < -0.3 is 9.64 Å². The van der Waals surface area contributed by atoms with Gasteiger partial charge in [-0.05, 0) is 50.0 Å². The molecular weight excluding hydrogens is 314 g/mol. The largest absolute Gasteiger partial charge is 0.466 e. The molecule has 0 unspecified atom stereocenters. The van der Waals surface area contributed by atoms with Crippen molar-refractivity contribution in [3.8, 4) is 0 Å². The maximum Gasteiger partial charge on any atom is 0.305 e. The molecular formula is C21H29NO3. The number of rotatable bonds is 6. The van der Waals surface area contributed by atoms with Crippen LogP contribution in [0.25, 0.3) is 0 Å². The van der Waals surface area contributed by atoms with E-state index in [9.17, 15) is 9.59 Å². The van der Waals surface area contributed by atoms with Crippen LogP contribution in [0.4, 0.5) is 0 Å². The lowest BCUT2D eigenvalue weighted by atomic mass is 9.73. The molecule has 0 atom stereocenters. The molecule has 1 aliphatic heterocycles. The Morgan fingerprint density at radius 2 is 1.92 bits per heavy atom. The van der Waals surface area contributed by atoms with E-state index in [4.69, 9.17) is 4.74 Å². The average Bonchev–Trinajstić information content (AvgIpc) is 2.95. The van der Waals surface area contributed by atoms with E-state index in [1.165, 1.54) is 5.56 Å². The molecule has 1 spiro atoms. The van der Waals surface area contributed by atoms with Crippen molar-refractivity contribution in [2.24, 2.45) is 0 Å². The van der Waals surface area contributed by atoms with E-state index in [2.05, 4.69) is 35.2 Å². The molecule has 0 N–H and O–H groups in total. The highest BCUT2D eigenvalue weighted by atomic mass is 16.5. The van der Waals surface area contributed by atoms with Gasteiger partial charge in [0.2, 0.25) is 5.91 Å². The van der Waals surface area contributed by atoms with Gasteiger partial charge in [-0.25, -0.2) is 0 Å². The zero-order chi connectivity index (χ0) is 17.7. The second-order valence-corrected chi connectivity index (χ2v) is 7.38. The fraction of sp³-hybridized carbons (Fsp3) is 0.619. The summed E-state index contributed by atoms with van der Waals surface area (Å²) in [6.07, 6.45) is 7.29. The van der Waals surface area contributed by atoms with Crippen LogP contribution < -0.4 is 0 Å². The predicted molar refractivity (Wildman–Crippen MR) is 97.2 cm³/mol. The van der Waals surface area contributed by atoms with Gasteiger partial charge in [-0.15, -0.1) is 0 Å². The Morgan fingerprint density at radius 3 is 2.60 bits per heavy atom. The summed E-state index contributed by atoms with van der Waals surface area (Å²) >= 11 is 0. The van der Waals surface area contributed by atoms with Gasteiger partial charge in [-0.1, -0.05) is 37.3 Å². The summed E-state index contributed by atoms with van der Waals surface area (Å²) in [7, 11) is 0. The molecule has 2 aliphatic rings. The van der Waals surface area contributed by atoms with Crippen molar-refractivity contribution >= 4 is 11.9 Å². The second-order valence-electron chi connectivity index (χ2n) is 7.38. The van der Waals surface area contributed by atoms with Crippen molar-refractivity contribution in [1.29, 1.82) is 0 Å². The molecule has 0 radical (unpaired) electrons. The monoisotopic (exact) mass is 343 g/mol. The van der Waals surface area contributed by atoms with Crippen LogP contribution in [0.1, 0.15) is 69.8 Å². The molecule has 0 aromatic heterocycles. The number of hydrogen-bond acceptors (Lipinski definition) is 3. The Balaban J connectivity index is 1.55. The predicted octanol–water partition coefficient (Wildman–Crippen LogP) is 4.05. The first kappa shape index (κ1) is 18.0. The lowest BCUT2D eigenvalue weighted by molar-refractivity contribution is -0.143. The standard InChI is InChI=1S/C21H29NO3/c1-2-20(24)25-16-6-15-22-19(23)11-14-21(22)12-9-18(10-13-21)17-7-4-3-5-8-17/h3-5,7-8,18H,2,6,9-16H2,1H3. The van der Waals surface area contributed by atoms with Gasteiger partial charge in [0.05, 0.1) is 6.61 Å². The fourth-order valence-electron chi connectivity index (χ4n) is 4.48. The molecule has 1 heterocycles. The zero-order valence-electron chi connectivity index (χ0n) is 15.2. The minimum absolute atomic E-state index is 0.0527. The number of hydrogen-bond donors (Lipinski definition) is 0. The van der Waals surface area contributed by atoms with Gasteiger partial charge in [-0.2, -0.15) is 0 Å². The molecule has 1 aliphatic carbocycles. The molecule has 25 heavy (non-hydrogen) atoms. The number of likely N-dealkylation sites (tertiary alicyclic amines) is 1. The average molecular weight is 343 g/mol. The van der Waals surface area contributed by atoms with Crippen LogP contribution in [0, 0.1) is 0 Å². The zero-order valence-corrected chi connectivity index (χ0v) is 15.2. The van der Waals surface area contributed by atoms with Crippen LogP contribution in [0.5, 0.6) is 0 Å². The summed E-state index contributed by atoms with van der Waals surface area (Å²) in [4.78, 5) is 25.7. The van der Waals surface area contributed by atoms with E-state index in [0.717, 1.165) is 38.5 Å². The smallest absolute Gasteiger partial charge is 0.305 e. The maximum absolute atomic E-state index is 12.4. The summed E-state index contributed by atoms with van der Waals surface area (Å²) in [5, 5.41) is 0. The van der Waals surface area contributed by atoms with Gasteiger partial charge in [0, 0.05) is 24.9 Å².